The summed E-state index contributed by atoms with van der Waals surface area (Å²) in [4.78, 5) is 5.51. The van der Waals surface area contributed by atoms with E-state index in [4.69, 9.17) is 11.6 Å². The number of pyridine rings is 1. The van der Waals surface area contributed by atoms with Gasteiger partial charge in [0.2, 0.25) is 0 Å². The third kappa shape index (κ3) is 3.47. The van der Waals surface area contributed by atoms with Gasteiger partial charge in [-0.25, -0.2) is 4.98 Å². The minimum absolute atomic E-state index is 0.517. The van der Waals surface area contributed by atoms with Crippen LogP contribution in [0.4, 0.5) is 5.82 Å². The van der Waals surface area contributed by atoms with E-state index in [9.17, 15) is 0 Å². The van der Waals surface area contributed by atoms with Gasteiger partial charge in [0.1, 0.15) is 11.0 Å². The van der Waals surface area contributed by atoms with Gasteiger partial charge in [-0.05, 0) is 46.6 Å². The summed E-state index contributed by atoms with van der Waals surface area (Å²) in [6.07, 6.45) is 0.991. The fourth-order valence-corrected chi connectivity index (χ4v) is 2.95. The van der Waals surface area contributed by atoms with Crippen molar-refractivity contribution >= 4 is 44.7 Å². The maximum Gasteiger partial charge on any atom is 0.131 e. The van der Waals surface area contributed by atoms with Gasteiger partial charge in [0.25, 0.3) is 0 Å². The van der Waals surface area contributed by atoms with Gasteiger partial charge in [-0.3, -0.25) is 0 Å². The summed E-state index contributed by atoms with van der Waals surface area (Å²) in [5.74, 6) is 0.822. The molecule has 0 bridgehead atoms. The molecule has 5 heteroatoms. The van der Waals surface area contributed by atoms with Crippen LogP contribution in [0.25, 0.3) is 0 Å². The Kier molecular flexibility index (Phi) is 4.21. The molecular formula is C11H10BrClN2S. The summed E-state index contributed by atoms with van der Waals surface area (Å²) in [6, 6.07) is 9.76. The number of aromatic nitrogens is 1. The van der Waals surface area contributed by atoms with Gasteiger partial charge in [0, 0.05) is 11.4 Å². The van der Waals surface area contributed by atoms with Gasteiger partial charge in [-0.1, -0.05) is 17.7 Å². The summed E-state index contributed by atoms with van der Waals surface area (Å²) < 4.78 is 1.17. The lowest BCUT2D eigenvalue weighted by Crippen LogP contribution is -2.05. The van der Waals surface area contributed by atoms with Crippen molar-refractivity contribution in [1.29, 1.82) is 0 Å². The molecule has 0 saturated carbocycles. The number of rotatable bonds is 4. The third-order valence-corrected chi connectivity index (χ3v) is 3.92. The highest BCUT2D eigenvalue weighted by molar-refractivity contribution is 9.11. The maximum absolute atomic E-state index is 5.79. The van der Waals surface area contributed by atoms with E-state index in [1.807, 2.05) is 12.1 Å². The first kappa shape index (κ1) is 11.9. The van der Waals surface area contributed by atoms with Crippen LogP contribution in [0, 0.1) is 0 Å². The van der Waals surface area contributed by atoms with Crippen LogP contribution in [0.1, 0.15) is 4.88 Å². The molecule has 0 amide bonds. The highest BCUT2D eigenvalue weighted by atomic mass is 79.9. The van der Waals surface area contributed by atoms with Gasteiger partial charge in [0.05, 0.1) is 3.79 Å². The molecule has 0 unspecified atom stereocenters. The topological polar surface area (TPSA) is 24.9 Å². The van der Waals surface area contributed by atoms with Crippen molar-refractivity contribution in [3.63, 3.8) is 0 Å². The monoisotopic (exact) mass is 316 g/mol. The van der Waals surface area contributed by atoms with E-state index in [0.29, 0.717) is 5.15 Å². The molecule has 2 heterocycles. The first-order valence-electron chi connectivity index (χ1n) is 4.85. The molecule has 2 rings (SSSR count). The molecule has 0 spiro atoms. The first-order valence-corrected chi connectivity index (χ1v) is 6.83. The summed E-state index contributed by atoms with van der Waals surface area (Å²) in [5.41, 5.74) is 0. The zero-order chi connectivity index (χ0) is 11.4. The maximum atomic E-state index is 5.79. The third-order valence-electron chi connectivity index (χ3n) is 2.02. The van der Waals surface area contributed by atoms with Crippen LogP contribution < -0.4 is 5.32 Å². The summed E-state index contributed by atoms with van der Waals surface area (Å²) in [6.45, 7) is 0.861. The van der Waals surface area contributed by atoms with Crippen LogP contribution in [-0.4, -0.2) is 11.5 Å². The van der Waals surface area contributed by atoms with Gasteiger partial charge < -0.3 is 5.32 Å². The van der Waals surface area contributed by atoms with Crippen molar-refractivity contribution in [2.75, 3.05) is 11.9 Å². The molecule has 2 aromatic rings. The van der Waals surface area contributed by atoms with E-state index in [1.165, 1.54) is 8.66 Å². The lowest BCUT2D eigenvalue weighted by molar-refractivity contribution is 1.03. The molecule has 84 valence electrons. The minimum atomic E-state index is 0.517. The number of anilines is 1. The molecule has 0 saturated heterocycles. The van der Waals surface area contributed by atoms with Crippen molar-refractivity contribution < 1.29 is 0 Å². The van der Waals surface area contributed by atoms with Crippen LogP contribution in [0.15, 0.2) is 34.1 Å². The van der Waals surface area contributed by atoms with E-state index in [0.717, 1.165) is 18.8 Å². The number of nitrogens with zero attached hydrogens (tertiary/aromatic N) is 1. The largest absolute Gasteiger partial charge is 0.370 e. The lowest BCUT2D eigenvalue weighted by atomic mass is 10.3. The van der Waals surface area contributed by atoms with Crippen LogP contribution in [0.3, 0.4) is 0 Å². The molecule has 0 radical (unpaired) electrons. The minimum Gasteiger partial charge on any atom is -0.370 e. The molecule has 0 aromatic carbocycles. The molecule has 2 nitrogen and oxygen atoms in total. The predicted molar refractivity (Wildman–Crippen MR) is 73.5 cm³/mol. The second kappa shape index (κ2) is 5.66. The van der Waals surface area contributed by atoms with E-state index in [-0.39, 0.29) is 0 Å². The van der Waals surface area contributed by atoms with Crippen LogP contribution in [0.5, 0.6) is 0 Å². The predicted octanol–water partition coefficient (Wildman–Crippen LogP) is 4.21. The van der Waals surface area contributed by atoms with E-state index in [1.54, 1.807) is 17.4 Å². The number of halogens is 2. The van der Waals surface area contributed by atoms with E-state index >= 15 is 0 Å². The summed E-state index contributed by atoms with van der Waals surface area (Å²) in [7, 11) is 0. The fourth-order valence-electron chi connectivity index (χ4n) is 1.31. The molecule has 16 heavy (non-hydrogen) atoms. The van der Waals surface area contributed by atoms with Crippen molar-refractivity contribution in [3.05, 3.63) is 44.1 Å². The second-order valence-corrected chi connectivity index (χ2v) is 6.16. The number of nitrogens with one attached hydrogen (secondary N) is 1. The van der Waals surface area contributed by atoms with Gasteiger partial charge in [-0.15, -0.1) is 11.3 Å². The number of thiophene rings is 1. The average Bonchev–Trinajstić information content (AvgIpc) is 2.64. The van der Waals surface area contributed by atoms with Gasteiger partial charge in [-0.2, -0.15) is 0 Å². The standard InChI is InChI=1S/C11H10BrClN2S/c12-9-5-4-8(16-9)6-7-14-11-3-1-2-10(13)15-11/h1-5H,6-7H2,(H,14,15). The molecule has 0 fully saturated rings. The Bertz CT molecular complexity index is 473. The number of hydrogen-bond acceptors (Lipinski definition) is 3. The Morgan fingerprint density at radius 2 is 2.19 bits per heavy atom. The Morgan fingerprint density at radius 3 is 2.88 bits per heavy atom. The van der Waals surface area contributed by atoms with Crippen molar-refractivity contribution in [2.45, 2.75) is 6.42 Å². The first-order chi connectivity index (χ1) is 7.74. The number of hydrogen-bond donors (Lipinski definition) is 1. The second-order valence-electron chi connectivity index (χ2n) is 3.23. The Hall–Kier alpha value is -0.580. The normalized spacial score (nSPS) is 10.4. The molecule has 0 aliphatic rings. The van der Waals surface area contributed by atoms with E-state index in [2.05, 4.69) is 38.4 Å². The van der Waals surface area contributed by atoms with Crippen molar-refractivity contribution in [3.8, 4) is 0 Å². The van der Waals surface area contributed by atoms with Crippen LogP contribution in [-0.2, 0) is 6.42 Å². The molecule has 0 aliphatic heterocycles. The zero-order valence-corrected chi connectivity index (χ0v) is 11.6. The highest BCUT2D eigenvalue weighted by Gasteiger charge is 1.98. The molecule has 0 atom stereocenters. The smallest absolute Gasteiger partial charge is 0.131 e. The molecule has 2 aromatic heterocycles. The Morgan fingerprint density at radius 1 is 1.31 bits per heavy atom. The van der Waals surface area contributed by atoms with E-state index < -0.39 is 0 Å². The summed E-state index contributed by atoms with van der Waals surface area (Å²) in [5, 5.41) is 3.76. The average molecular weight is 318 g/mol. The van der Waals surface area contributed by atoms with Gasteiger partial charge >= 0.3 is 0 Å². The summed E-state index contributed by atoms with van der Waals surface area (Å²) >= 11 is 11.0. The SMILES string of the molecule is Clc1cccc(NCCc2ccc(Br)s2)n1. The Balaban J connectivity index is 1.84. The highest BCUT2D eigenvalue weighted by Crippen LogP contribution is 2.22. The quantitative estimate of drug-likeness (QED) is 0.854. The Labute approximate surface area is 112 Å². The zero-order valence-electron chi connectivity index (χ0n) is 8.41. The van der Waals surface area contributed by atoms with Gasteiger partial charge in [0.15, 0.2) is 0 Å². The van der Waals surface area contributed by atoms with Crippen molar-refractivity contribution in [2.24, 2.45) is 0 Å². The molecular weight excluding hydrogens is 308 g/mol. The van der Waals surface area contributed by atoms with Crippen LogP contribution in [0.2, 0.25) is 5.15 Å². The van der Waals surface area contributed by atoms with Crippen molar-refractivity contribution in [1.82, 2.24) is 4.98 Å². The molecule has 0 aliphatic carbocycles. The fraction of sp³-hybridized carbons (Fsp3) is 0.182. The lowest BCUT2D eigenvalue weighted by Gasteiger charge is -2.04. The van der Waals surface area contributed by atoms with Crippen LogP contribution >= 0.6 is 38.9 Å². The molecule has 1 N–H and O–H groups in total.